The van der Waals surface area contributed by atoms with Crippen LogP contribution in [0.2, 0.25) is 0 Å². The summed E-state index contributed by atoms with van der Waals surface area (Å²) in [6, 6.07) is 11.0. The standard InChI is InChI=1S/C12H14N4O/c1-2-16(9-6-4-3-5-7-9)12(17)10-8-11(13)15-14-10/h3-8H,2H2,1H3,(H3,13,14,15). The largest absolute Gasteiger partial charge is 0.382 e. The summed E-state index contributed by atoms with van der Waals surface area (Å²) in [7, 11) is 0. The topological polar surface area (TPSA) is 75.0 Å². The van der Waals surface area contributed by atoms with E-state index in [0.29, 0.717) is 18.1 Å². The molecule has 1 heterocycles. The Hall–Kier alpha value is -2.30. The quantitative estimate of drug-likeness (QED) is 0.842. The van der Waals surface area contributed by atoms with Crippen molar-refractivity contribution in [3.63, 3.8) is 0 Å². The van der Waals surface area contributed by atoms with E-state index in [1.807, 2.05) is 37.3 Å². The molecule has 5 nitrogen and oxygen atoms in total. The Balaban J connectivity index is 2.28. The Morgan fingerprint density at radius 1 is 1.41 bits per heavy atom. The summed E-state index contributed by atoms with van der Waals surface area (Å²) in [6.45, 7) is 2.51. The number of nitrogen functional groups attached to an aromatic ring is 1. The van der Waals surface area contributed by atoms with Crippen LogP contribution in [0.3, 0.4) is 0 Å². The molecule has 0 aliphatic heterocycles. The van der Waals surface area contributed by atoms with Crippen molar-refractivity contribution in [1.29, 1.82) is 0 Å². The number of hydrogen-bond acceptors (Lipinski definition) is 3. The van der Waals surface area contributed by atoms with E-state index in [-0.39, 0.29) is 5.91 Å². The van der Waals surface area contributed by atoms with E-state index in [9.17, 15) is 4.79 Å². The zero-order valence-electron chi connectivity index (χ0n) is 9.55. The van der Waals surface area contributed by atoms with Crippen molar-refractivity contribution in [3.8, 4) is 0 Å². The average molecular weight is 230 g/mol. The summed E-state index contributed by atoms with van der Waals surface area (Å²) in [5.74, 6) is 0.181. The van der Waals surface area contributed by atoms with Gasteiger partial charge < -0.3 is 10.6 Å². The van der Waals surface area contributed by atoms with Crippen LogP contribution in [0.25, 0.3) is 0 Å². The first-order chi connectivity index (χ1) is 8.22. The highest BCUT2D eigenvalue weighted by Crippen LogP contribution is 2.16. The summed E-state index contributed by atoms with van der Waals surface area (Å²) in [5.41, 5.74) is 6.73. The van der Waals surface area contributed by atoms with Gasteiger partial charge in [0.15, 0.2) is 0 Å². The third kappa shape index (κ3) is 2.28. The first-order valence-corrected chi connectivity index (χ1v) is 5.40. The molecule has 17 heavy (non-hydrogen) atoms. The molecule has 0 fully saturated rings. The second-order valence-electron chi connectivity index (χ2n) is 3.59. The predicted octanol–water partition coefficient (Wildman–Crippen LogP) is 1.66. The van der Waals surface area contributed by atoms with Gasteiger partial charge in [-0.2, -0.15) is 5.10 Å². The molecule has 0 saturated heterocycles. The summed E-state index contributed by atoms with van der Waals surface area (Å²) in [6.07, 6.45) is 0. The van der Waals surface area contributed by atoms with Gasteiger partial charge in [-0.3, -0.25) is 9.89 Å². The fourth-order valence-electron chi connectivity index (χ4n) is 1.64. The summed E-state index contributed by atoms with van der Waals surface area (Å²) in [5, 5.41) is 6.38. The highest BCUT2D eigenvalue weighted by Gasteiger charge is 2.17. The van der Waals surface area contributed by atoms with Gasteiger partial charge in [0.2, 0.25) is 0 Å². The Morgan fingerprint density at radius 2 is 2.12 bits per heavy atom. The first kappa shape index (κ1) is 11.2. The van der Waals surface area contributed by atoms with Gasteiger partial charge in [0.25, 0.3) is 5.91 Å². The molecule has 0 unspecified atom stereocenters. The first-order valence-electron chi connectivity index (χ1n) is 5.40. The number of carbonyl (C=O) groups excluding carboxylic acids is 1. The predicted molar refractivity (Wildman–Crippen MR) is 66.8 cm³/mol. The van der Waals surface area contributed by atoms with Crippen LogP contribution in [0, 0.1) is 0 Å². The normalized spacial score (nSPS) is 10.2. The molecule has 0 saturated carbocycles. The second-order valence-corrected chi connectivity index (χ2v) is 3.59. The number of aromatic amines is 1. The maximum atomic E-state index is 12.2. The molecule has 0 bridgehead atoms. The molecular formula is C12H14N4O. The molecule has 0 aliphatic rings. The molecule has 0 aliphatic carbocycles. The number of benzene rings is 1. The van der Waals surface area contributed by atoms with E-state index in [0.717, 1.165) is 5.69 Å². The molecule has 2 rings (SSSR count). The molecule has 5 heteroatoms. The highest BCUT2D eigenvalue weighted by molar-refractivity contribution is 6.05. The lowest BCUT2D eigenvalue weighted by molar-refractivity contribution is 0.0983. The minimum atomic E-state index is -0.136. The number of hydrogen-bond donors (Lipinski definition) is 2. The monoisotopic (exact) mass is 230 g/mol. The summed E-state index contributed by atoms with van der Waals surface area (Å²) in [4.78, 5) is 13.8. The van der Waals surface area contributed by atoms with Gasteiger partial charge in [-0.1, -0.05) is 18.2 Å². The van der Waals surface area contributed by atoms with E-state index in [1.165, 1.54) is 6.07 Å². The van der Waals surface area contributed by atoms with Crippen LogP contribution in [0.15, 0.2) is 36.4 Å². The van der Waals surface area contributed by atoms with Crippen molar-refractivity contribution in [1.82, 2.24) is 10.2 Å². The van der Waals surface area contributed by atoms with E-state index >= 15 is 0 Å². The average Bonchev–Trinajstić information content (AvgIpc) is 2.78. The van der Waals surface area contributed by atoms with Crippen molar-refractivity contribution in [2.45, 2.75) is 6.92 Å². The molecular weight excluding hydrogens is 216 g/mol. The van der Waals surface area contributed by atoms with Gasteiger partial charge in [0, 0.05) is 18.3 Å². The van der Waals surface area contributed by atoms with Crippen LogP contribution < -0.4 is 10.6 Å². The van der Waals surface area contributed by atoms with Gasteiger partial charge in [-0.05, 0) is 19.1 Å². The maximum Gasteiger partial charge on any atom is 0.276 e. The Bertz CT molecular complexity index is 506. The minimum absolute atomic E-state index is 0.136. The second kappa shape index (κ2) is 4.69. The van der Waals surface area contributed by atoms with E-state index in [2.05, 4.69) is 10.2 Å². The van der Waals surface area contributed by atoms with Crippen LogP contribution in [-0.2, 0) is 0 Å². The number of nitrogens with zero attached hydrogens (tertiary/aromatic N) is 2. The van der Waals surface area contributed by atoms with Gasteiger partial charge in [-0.15, -0.1) is 0 Å². The van der Waals surface area contributed by atoms with E-state index in [4.69, 9.17) is 5.73 Å². The van der Waals surface area contributed by atoms with Crippen molar-refractivity contribution in [2.75, 3.05) is 17.2 Å². The van der Waals surface area contributed by atoms with E-state index < -0.39 is 0 Å². The third-order valence-corrected chi connectivity index (χ3v) is 2.46. The number of aromatic nitrogens is 2. The van der Waals surface area contributed by atoms with Crippen molar-refractivity contribution >= 4 is 17.4 Å². The number of H-pyrrole nitrogens is 1. The lowest BCUT2D eigenvalue weighted by Crippen LogP contribution is -2.30. The fraction of sp³-hybridized carbons (Fsp3) is 0.167. The molecule has 0 spiro atoms. The van der Waals surface area contributed by atoms with Gasteiger partial charge in [0.1, 0.15) is 11.5 Å². The minimum Gasteiger partial charge on any atom is -0.382 e. The third-order valence-electron chi connectivity index (χ3n) is 2.46. The fourth-order valence-corrected chi connectivity index (χ4v) is 1.64. The molecule has 2 aromatic rings. The smallest absolute Gasteiger partial charge is 0.276 e. The number of nitrogens with one attached hydrogen (secondary N) is 1. The number of nitrogens with two attached hydrogens (primary N) is 1. The van der Waals surface area contributed by atoms with Crippen LogP contribution in [0.5, 0.6) is 0 Å². The van der Waals surface area contributed by atoms with Crippen LogP contribution >= 0.6 is 0 Å². The molecule has 88 valence electrons. The lowest BCUT2D eigenvalue weighted by atomic mass is 10.2. The van der Waals surface area contributed by atoms with Crippen molar-refractivity contribution < 1.29 is 4.79 Å². The van der Waals surface area contributed by atoms with Crippen LogP contribution in [-0.4, -0.2) is 22.6 Å². The molecule has 1 aromatic carbocycles. The SMILES string of the molecule is CCN(C(=O)c1cc(N)n[nH]1)c1ccccc1. The molecule has 1 amide bonds. The molecule has 0 radical (unpaired) electrons. The number of rotatable bonds is 3. The van der Waals surface area contributed by atoms with Gasteiger partial charge in [-0.25, -0.2) is 0 Å². The lowest BCUT2D eigenvalue weighted by Gasteiger charge is -2.19. The number of carbonyl (C=O) groups is 1. The Morgan fingerprint density at radius 3 is 2.65 bits per heavy atom. The Labute approximate surface area is 99.2 Å². The van der Waals surface area contributed by atoms with Crippen LogP contribution in [0.1, 0.15) is 17.4 Å². The van der Waals surface area contributed by atoms with Crippen LogP contribution in [0.4, 0.5) is 11.5 Å². The Kier molecular flexibility index (Phi) is 3.09. The molecule has 0 atom stereocenters. The molecule has 3 N–H and O–H groups in total. The van der Waals surface area contributed by atoms with Crippen molar-refractivity contribution in [2.24, 2.45) is 0 Å². The van der Waals surface area contributed by atoms with E-state index in [1.54, 1.807) is 4.90 Å². The number of amides is 1. The van der Waals surface area contributed by atoms with Crippen molar-refractivity contribution in [3.05, 3.63) is 42.1 Å². The zero-order valence-corrected chi connectivity index (χ0v) is 9.55. The zero-order chi connectivity index (χ0) is 12.3. The number of anilines is 2. The van der Waals surface area contributed by atoms with Gasteiger partial charge >= 0.3 is 0 Å². The highest BCUT2D eigenvalue weighted by atomic mass is 16.2. The maximum absolute atomic E-state index is 12.2. The molecule has 1 aromatic heterocycles. The number of para-hydroxylation sites is 1. The summed E-state index contributed by atoms with van der Waals surface area (Å²) >= 11 is 0. The van der Waals surface area contributed by atoms with Gasteiger partial charge in [0.05, 0.1) is 0 Å². The summed E-state index contributed by atoms with van der Waals surface area (Å²) < 4.78 is 0.